The molecule has 2 amide bonds. The number of aryl methyl sites for hydroxylation is 1. The van der Waals surface area contributed by atoms with Gasteiger partial charge < -0.3 is 10.2 Å². The maximum Gasteiger partial charge on any atom is 0.247 e. The molecule has 2 aromatic heterocycles. The number of aromatic nitrogens is 3. The van der Waals surface area contributed by atoms with Crippen molar-refractivity contribution in [2.75, 3.05) is 16.8 Å². The highest BCUT2D eigenvalue weighted by molar-refractivity contribution is 9.10. The fraction of sp³-hybridized carbons (Fsp3) is 0.320. The molecule has 1 N–H and O–H groups in total. The molecule has 0 unspecified atom stereocenters. The molecule has 2 fully saturated rings. The number of nitrogens with one attached hydrogen (secondary N) is 1. The number of carbonyl (C=O) groups excluding carboxylic acids is 2. The van der Waals surface area contributed by atoms with Crippen LogP contribution in [0.3, 0.4) is 0 Å². The lowest BCUT2D eigenvalue weighted by Crippen LogP contribution is -2.35. The van der Waals surface area contributed by atoms with E-state index in [9.17, 15) is 19.2 Å². The third kappa shape index (κ3) is 4.56. The van der Waals surface area contributed by atoms with Crippen LogP contribution >= 0.6 is 15.9 Å². The van der Waals surface area contributed by atoms with Crippen molar-refractivity contribution < 1.29 is 14.0 Å². The van der Waals surface area contributed by atoms with Gasteiger partial charge in [0.15, 0.2) is 0 Å². The van der Waals surface area contributed by atoms with Gasteiger partial charge >= 0.3 is 0 Å². The fourth-order valence-electron chi connectivity index (χ4n) is 4.70. The molecular weight excluding hydrogens is 515 g/mol. The molecular formula is C25H22BrFN6O2. The van der Waals surface area contributed by atoms with Crippen molar-refractivity contribution in [3.05, 3.63) is 58.7 Å². The van der Waals surface area contributed by atoms with Crippen molar-refractivity contribution in [2.45, 2.75) is 25.7 Å². The van der Waals surface area contributed by atoms with E-state index in [1.165, 1.54) is 12.1 Å². The second kappa shape index (κ2) is 8.89. The molecule has 3 heterocycles. The zero-order valence-corrected chi connectivity index (χ0v) is 20.5. The highest BCUT2D eigenvalue weighted by Gasteiger charge is 2.56. The van der Waals surface area contributed by atoms with Crippen molar-refractivity contribution in [2.24, 2.45) is 18.4 Å². The average Bonchev–Trinajstić information content (AvgIpc) is 3.47. The number of hydrogen-bond acceptors (Lipinski definition) is 5. The third-order valence-corrected chi connectivity index (χ3v) is 6.96. The number of amides is 2. The molecule has 178 valence electrons. The number of carbonyl (C=O) groups is 2. The molecule has 1 atom stereocenters. The van der Waals surface area contributed by atoms with Crippen LogP contribution in [0, 0.1) is 28.5 Å². The Morgan fingerprint density at radius 3 is 2.77 bits per heavy atom. The number of rotatable bonds is 6. The molecule has 1 saturated carbocycles. The normalized spacial score (nSPS) is 19.6. The number of hydrogen-bond donors (Lipinski definition) is 1. The van der Waals surface area contributed by atoms with Crippen molar-refractivity contribution in [1.29, 1.82) is 5.26 Å². The van der Waals surface area contributed by atoms with Crippen molar-refractivity contribution in [3.8, 4) is 17.2 Å². The third-order valence-electron chi connectivity index (χ3n) is 6.55. The van der Waals surface area contributed by atoms with Crippen LogP contribution in [0.15, 0.2) is 47.3 Å². The molecule has 3 aromatic rings. The topological polar surface area (TPSA) is 104 Å². The average molecular weight is 537 g/mol. The van der Waals surface area contributed by atoms with E-state index in [1.54, 1.807) is 47.2 Å². The maximum absolute atomic E-state index is 14.2. The minimum Gasteiger partial charge on any atom is -0.311 e. The number of nitrogens with zero attached hydrogens (tertiary/aromatic N) is 5. The second-order valence-corrected chi connectivity index (χ2v) is 9.89. The monoisotopic (exact) mass is 536 g/mol. The Morgan fingerprint density at radius 2 is 2.09 bits per heavy atom. The Bertz CT molecular complexity index is 1380. The van der Waals surface area contributed by atoms with Crippen molar-refractivity contribution in [1.82, 2.24) is 14.8 Å². The number of nitriles is 1. The summed E-state index contributed by atoms with van der Waals surface area (Å²) in [7, 11) is 1.78. The van der Waals surface area contributed by atoms with Gasteiger partial charge in [0.25, 0.3) is 0 Å². The van der Waals surface area contributed by atoms with Crippen LogP contribution in [0.25, 0.3) is 11.1 Å². The van der Waals surface area contributed by atoms with E-state index in [1.807, 2.05) is 0 Å². The Labute approximate surface area is 209 Å². The maximum atomic E-state index is 14.2. The Hall–Kier alpha value is -3.58. The van der Waals surface area contributed by atoms with Crippen LogP contribution in [-0.2, 0) is 23.1 Å². The quantitative estimate of drug-likeness (QED) is 0.475. The molecule has 1 saturated heterocycles. The summed E-state index contributed by atoms with van der Waals surface area (Å²) in [4.78, 5) is 31.8. The largest absolute Gasteiger partial charge is 0.311 e. The van der Waals surface area contributed by atoms with E-state index in [0.29, 0.717) is 34.4 Å². The predicted octanol–water partition coefficient (Wildman–Crippen LogP) is 4.22. The lowest BCUT2D eigenvalue weighted by molar-refractivity contribution is -0.123. The number of pyridine rings is 1. The van der Waals surface area contributed by atoms with Gasteiger partial charge in [0.1, 0.15) is 21.7 Å². The van der Waals surface area contributed by atoms with Crippen LogP contribution < -0.4 is 10.2 Å². The van der Waals surface area contributed by atoms with Gasteiger partial charge in [0.2, 0.25) is 11.8 Å². The zero-order chi connectivity index (χ0) is 24.7. The van der Waals surface area contributed by atoms with Crippen LogP contribution in [0.5, 0.6) is 0 Å². The Balaban J connectivity index is 1.33. The van der Waals surface area contributed by atoms with Crippen LogP contribution in [0.1, 0.15) is 24.8 Å². The van der Waals surface area contributed by atoms with Gasteiger partial charge in [0, 0.05) is 31.4 Å². The van der Waals surface area contributed by atoms with E-state index in [4.69, 9.17) is 0 Å². The standard InChI is InChI=1S/C25H22BrFN6O2/c1-32-13-17(12-29-32)16-6-15(7-19(27)9-16)8-23(34)31-22-11-20(10-21(26)30-22)33-5-4-25(14-28,24(33)35)18-2-3-18/h6-7,9-13,18H,2-5,8H2,1H3,(H,30,31,34)/t25-/m1/s1. The molecule has 0 bridgehead atoms. The van der Waals surface area contributed by atoms with Crippen molar-refractivity contribution >= 4 is 39.2 Å². The van der Waals surface area contributed by atoms with Gasteiger partial charge in [-0.1, -0.05) is 6.07 Å². The van der Waals surface area contributed by atoms with E-state index >= 15 is 0 Å². The van der Waals surface area contributed by atoms with Gasteiger partial charge in [-0.25, -0.2) is 9.37 Å². The second-order valence-electron chi connectivity index (χ2n) is 9.07. The summed E-state index contributed by atoms with van der Waals surface area (Å²) in [6.45, 7) is 0.438. The Morgan fingerprint density at radius 1 is 1.29 bits per heavy atom. The fourth-order valence-corrected chi connectivity index (χ4v) is 5.12. The van der Waals surface area contributed by atoms with Gasteiger partial charge in [-0.2, -0.15) is 10.4 Å². The summed E-state index contributed by atoms with van der Waals surface area (Å²) in [6.07, 6.45) is 5.64. The lowest BCUT2D eigenvalue weighted by Gasteiger charge is -2.21. The molecule has 10 heteroatoms. The van der Waals surface area contributed by atoms with Gasteiger partial charge in [-0.05, 0) is 70.4 Å². The van der Waals surface area contributed by atoms with E-state index in [2.05, 4.69) is 37.4 Å². The van der Waals surface area contributed by atoms with Crippen LogP contribution in [0.4, 0.5) is 15.9 Å². The summed E-state index contributed by atoms with van der Waals surface area (Å²) < 4.78 is 16.3. The summed E-state index contributed by atoms with van der Waals surface area (Å²) >= 11 is 3.35. The number of halogens is 2. The highest BCUT2D eigenvalue weighted by atomic mass is 79.9. The van der Waals surface area contributed by atoms with E-state index in [0.717, 1.165) is 18.4 Å². The summed E-state index contributed by atoms with van der Waals surface area (Å²) in [5.74, 6) is -0.627. The van der Waals surface area contributed by atoms with Crippen molar-refractivity contribution in [3.63, 3.8) is 0 Å². The first-order valence-electron chi connectivity index (χ1n) is 11.3. The van der Waals surface area contributed by atoms with Crippen LogP contribution in [-0.4, -0.2) is 33.1 Å². The molecule has 0 radical (unpaired) electrons. The number of benzene rings is 1. The Kier molecular flexibility index (Phi) is 5.89. The van der Waals surface area contributed by atoms with Crippen LogP contribution in [0.2, 0.25) is 0 Å². The predicted molar refractivity (Wildman–Crippen MR) is 131 cm³/mol. The summed E-state index contributed by atoms with van der Waals surface area (Å²) in [5, 5.41) is 16.6. The number of anilines is 2. The van der Waals surface area contributed by atoms with E-state index < -0.39 is 11.2 Å². The molecule has 0 spiro atoms. The minimum atomic E-state index is -0.956. The molecule has 2 aliphatic rings. The lowest BCUT2D eigenvalue weighted by atomic mass is 9.83. The molecule has 8 nitrogen and oxygen atoms in total. The zero-order valence-electron chi connectivity index (χ0n) is 19.0. The molecule has 5 rings (SSSR count). The van der Waals surface area contributed by atoms with E-state index in [-0.39, 0.29) is 30.0 Å². The molecule has 1 aliphatic carbocycles. The molecule has 1 aromatic carbocycles. The van der Waals surface area contributed by atoms with Gasteiger partial charge in [0.05, 0.1) is 24.4 Å². The summed E-state index contributed by atoms with van der Waals surface area (Å²) in [5.41, 5.74) is 1.50. The SMILES string of the molecule is Cn1cc(-c2cc(F)cc(CC(=O)Nc3cc(N4CC[C@@](C#N)(C5CC5)C4=O)cc(Br)n3)c2)cn1. The highest BCUT2D eigenvalue weighted by Crippen LogP contribution is 2.52. The smallest absolute Gasteiger partial charge is 0.247 e. The minimum absolute atomic E-state index is 0.0591. The first-order chi connectivity index (χ1) is 16.8. The molecule has 35 heavy (non-hydrogen) atoms. The van der Waals surface area contributed by atoms with Gasteiger partial charge in [-0.3, -0.25) is 14.3 Å². The molecule has 1 aliphatic heterocycles. The van der Waals surface area contributed by atoms with Gasteiger partial charge in [-0.15, -0.1) is 0 Å². The first kappa shape index (κ1) is 23.2. The first-order valence-corrected chi connectivity index (χ1v) is 12.1. The summed E-state index contributed by atoms with van der Waals surface area (Å²) in [6, 6.07) is 10.1.